The van der Waals surface area contributed by atoms with Gasteiger partial charge in [0, 0.05) is 37.6 Å². The maximum Gasteiger partial charge on any atom is 0.233 e. The Balaban J connectivity index is 1.53. The van der Waals surface area contributed by atoms with Crippen molar-refractivity contribution in [2.45, 2.75) is 4.90 Å². The lowest BCUT2D eigenvalue weighted by molar-refractivity contribution is -0.129. The minimum absolute atomic E-state index is 0.237. The number of piperazine rings is 1. The number of fused-ring (bicyclic) bond motifs is 1. The highest BCUT2D eigenvalue weighted by Crippen LogP contribution is 2.24. The Labute approximate surface area is 142 Å². The molecule has 0 saturated carbocycles. The number of hydrogen-bond donors (Lipinski definition) is 0. The molecule has 0 aromatic heterocycles. The zero-order valence-corrected chi connectivity index (χ0v) is 14.1. The first-order chi connectivity index (χ1) is 11.3. The van der Waals surface area contributed by atoms with Gasteiger partial charge in [-0.15, -0.1) is 18.3 Å². The van der Waals surface area contributed by atoms with Crippen LogP contribution in [-0.2, 0) is 4.79 Å². The highest BCUT2D eigenvalue weighted by atomic mass is 32.2. The maximum absolute atomic E-state index is 12.4. The molecular weight excluding hydrogens is 304 g/mol. The van der Waals surface area contributed by atoms with Gasteiger partial charge in [0.25, 0.3) is 0 Å². The van der Waals surface area contributed by atoms with Crippen molar-refractivity contribution in [2.75, 3.05) is 38.5 Å². The summed E-state index contributed by atoms with van der Waals surface area (Å²) in [5.74, 6) is 0.751. The van der Waals surface area contributed by atoms with Gasteiger partial charge in [0.15, 0.2) is 0 Å². The summed E-state index contributed by atoms with van der Waals surface area (Å²) in [5, 5.41) is 2.46. The smallest absolute Gasteiger partial charge is 0.233 e. The van der Waals surface area contributed by atoms with E-state index < -0.39 is 0 Å². The monoisotopic (exact) mass is 326 g/mol. The molecule has 23 heavy (non-hydrogen) atoms. The second kappa shape index (κ2) is 7.66. The number of carbonyl (C=O) groups excluding carboxylic acids is 1. The van der Waals surface area contributed by atoms with Gasteiger partial charge in [-0.2, -0.15) is 0 Å². The Kier molecular flexibility index (Phi) is 5.36. The van der Waals surface area contributed by atoms with Crippen LogP contribution in [0.2, 0.25) is 0 Å². The van der Waals surface area contributed by atoms with E-state index in [9.17, 15) is 4.79 Å². The summed E-state index contributed by atoms with van der Waals surface area (Å²) in [4.78, 5) is 17.8. The van der Waals surface area contributed by atoms with E-state index in [1.54, 1.807) is 11.8 Å². The zero-order chi connectivity index (χ0) is 16.1. The van der Waals surface area contributed by atoms with Crippen molar-refractivity contribution in [3.05, 3.63) is 55.1 Å². The predicted molar refractivity (Wildman–Crippen MR) is 97.9 cm³/mol. The summed E-state index contributed by atoms with van der Waals surface area (Å²) >= 11 is 1.63. The van der Waals surface area contributed by atoms with Gasteiger partial charge >= 0.3 is 0 Å². The first kappa shape index (κ1) is 16.1. The van der Waals surface area contributed by atoms with Gasteiger partial charge in [0.1, 0.15) is 0 Å². The molecular formula is C19H22N2OS. The molecule has 2 aromatic rings. The molecule has 0 radical (unpaired) electrons. The Morgan fingerprint density at radius 3 is 2.57 bits per heavy atom. The number of carbonyl (C=O) groups is 1. The van der Waals surface area contributed by atoms with Crippen molar-refractivity contribution in [3.8, 4) is 0 Å². The summed E-state index contributed by atoms with van der Waals surface area (Å²) < 4.78 is 0. The van der Waals surface area contributed by atoms with Crippen molar-refractivity contribution in [1.82, 2.24) is 9.80 Å². The minimum atomic E-state index is 0.237. The molecule has 0 atom stereocenters. The molecule has 0 spiro atoms. The molecule has 0 N–H and O–H groups in total. The van der Waals surface area contributed by atoms with Crippen molar-refractivity contribution in [1.29, 1.82) is 0 Å². The van der Waals surface area contributed by atoms with Crippen molar-refractivity contribution in [2.24, 2.45) is 0 Å². The molecule has 1 aliphatic heterocycles. The van der Waals surface area contributed by atoms with Crippen LogP contribution < -0.4 is 0 Å². The van der Waals surface area contributed by atoms with Crippen LogP contribution in [0.3, 0.4) is 0 Å². The first-order valence-corrected chi connectivity index (χ1v) is 8.97. The van der Waals surface area contributed by atoms with Gasteiger partial charge < -0.3 is 4.90 Å². The van der Waals surface area contributed by atoms with E-state index in [4.69, 9.17) is 0 Å². The van der Waals surface area contributed by atoms with E-state index in [0.29, 0.717) is 5.75 Å². The second-order valence-electron chi connectivity index (χ2n) is 5.77. The molecule has 0 aliphatic carbocycles. The SMILES string of the molecule is C=CCN1CCN(C(=O)CSc2ccc3ccccc3c2)CC1. The van der Waals surface area contributed by atoms with Crippen LogP contribution in [0, 0.1) is 0 Å². The number of hydrogen-bond acceptors (Lipinski definition) is 3. The van der Waals surface area contributed by atoms with Crippen LogP contribution in [-0.4, -0.2) is 54.2 Å². The summed E-state index contributed by atoms with van der Waals surface area (Å²) in [6, 6.07) is 14.7. The lowest BCUT2D eigenvalue weighted by Crippen LogP contribution is -2.49. The number of thioether (sulfide) groups is 1. The predicted octanol–water partition coefficient (Wildman–Crippen LogP) is 3.26. The Morgan fingerprint density at radius 1 is 1.09 bits per heavy atom. The quantitative estimate of drug-likeness (QED) is 0.622. The average molecular weight is 326 g/mol. The van der Waals surface area contributed by atoms with Gasteiger partial charge in [0.2, 0.25) is 5.91 Å². The maximum atomic E-state index is 12.4. The van der Waals surface area contributed by atoms with Crippen molar-refractivity contribution < 1.29 is 4.79 Å². The number of amides is 1. The molecule has 2 aromatic carbocycles. The molecule has 1 aliphatic rings. The van der Waals surface area contributed by atoms with Gasteiger partial charge in [-0.05, 0) is 22.9 Å². The summed E-state index contributed by atoms with van der Waals surface area (Å²) in [7, 11) is 0. The molecule has 3 nitrogen and oxygen atoms in total. The number of nitrogens with zero attached hydrogens (tertiary/aromatic N) is 2. The van der Waals surface area contributed by atoms with E-state index in [2.05, 4.69) is 41.8 Å². The fraction of sp³-hybridized carbons (Fsp3) is 0.316. The zero-order valence-electron chi connectivity index (χ0n) is 13.3. The molecule has 3 rings (SSSR count). The molecule has 0 unspecified atom stereocenters. The number of rotatable bonds is 5. The number of benzene rings is 2. The second-order valence-corrected chi connectivity index (χ2v) is 6.82. The summed E-state index contributed by atoms with van der Waals surface area (Å²) in [5.41, 5.74) is 0. The van der Waals surface area contributed by atoms with Gasteiger partial charge in [-0.1, -0.05) is 36.4 Å². The molecule has 1 amide bonds. The Hall–Kier alpha value is -1.78. The Morgan fingerprint density at radius 2 is 1.83 bits per heavy atom. The third-order valence-corrected chi connectivity index (χ3v) is 5.17. The van der Waals surface area contributed by atoms with E-state index in [1.807, 2.05) is 23.1 Å². The molecule has 120 valence electrons. The average Bonchev–Trinajstić information content (AvgIpc) is 2.60. The highest BCUT2D eigenvalue weighted by Gasteiger charge is 2.20. The third kappa shape index (κ3) is 4.15. The van der Waals surface area contributed by atoms with E-state index in [-0.39, 0.29) is 5.91 Å². The van der Waals surface area contributed by atoms with Crippen LogP contribution in [0.4, 0.5) is 0 Å². The lowest BCUT2D eigenvalue weighted by atomic mass is 10.1. The first-order valence-electron chi connectivity index (χ1n) is 7.99. The molecule has 1 fully saturated rings. The van der Waals surface area contributed by atoms with Crippen molar-refractivity contribution >= 4 is 28.4 Å². The van der Waals surface area contributed by atoms with Crippen LogP contribution >= 0.6 is 11.8 Å². The molecule has 1 saturated heterocycles. The summed E-state index contributed by atoms with van der Waals surface area (Å²) in [6.45, 7) is 8.21. The van der Waals surface area contributed by atoms with Crippen molar-refractivity contribution in [3.63, 3.8) is 0 Å². The highest BCUT2D eigenvalue weighted by molar-refractivity contribution is 8.00. The van der Waals surface area contributed by atoms with Crippen LogP contribution in [0.15, 0.2) is 60.0 Å². The van der Waals surface area contributed by atoms with Gasteiger partial charge in [-0.3, -0.25) is 9.69 Å². The van der Waals surface area contributed by atoms with E-state index in [0.717, 1.165) is 37.6 Å². The van der Waals surface area contributed by atoms with Crippen LogP contribution in [0.5, 0.6) is 0 Å². The van der Waals surface area contributed by atoms with E-state index in [1.165, 1.54) is 10.8 Å². The fourth-order valence-corrected chi connectivity index (χ4v) is 3.70. The van der Waals surface area contributed by atoms with E-state index >= 15 is 0 Å². The molecule has 4 heteroatoms. The minimum Gasteiger partial charge on any atom is -0.339 e. The lowest BCUT2D eigenvalue weighted by Gasteiger charge is -2.34. The third-order valence-electron chi connectivity index (χ3n) is 4.20. The fourth-order valence-electron chi connectivity index (χ4n) is 2.86. The normalized spacial score (nSPS) is 15.7. The molecule has 1 heterocycles. The molecule has 0 bridgehead atoms. The van der Waals surface area contributed by atoms with Crippen LogP contribution in [0.1, 0.15) is 0 Å². The van der Waals surface area contributed by atoms with Crippen LogP contribution in [0.25, 0.3) is 10.8 Å². The topological polar surface area (TPSA) is 23.6 Å². The Bertz CT molecular complexity index is 693. The van der Waals surface area contributed by atoms with Gasteiger partial charge in [0.05, 0.1) is 5.75 Å². The summed E-state index contributed by atoms with van der Waals surface area (Å²) in [6.07, 6.45) is 1.92. The van der Waals surface area contributed by atoms with Gasteiger partial charge in [-0.25, -0.2) is 0 Å². The largest absolute Gasteiger partial charge is 0.339 e. The standard InChI is InChI=1S/C19H22N2OS/c1-2-9-20-10-12-21(13-11-20)19(22)15-23-18-8-7-16-5-3-4-6-17(16)14-18/h2-8,14H,1,9-13,15H2.